The Labute approximate surface area is 212 Å². The van der Waals surface area contributed by atoms with Gasteiger partial charge in [0.1, 0.15) is 5.82 Å². The molecule has 3 heterocycles. The molecule has 194 valence electrons. The maximum atomic E-state index is 13.4. The van der Waals surface area contributed by atoms with Gasteiger partial charge in [-0.1, -0.05) is 29.4 Å². The first-order valence-electron chi connectivity index (χ1n) is 12.1. The van der Waals surface area contributed by atoms with E-state index in [1.165, 1.54) is 23.3 Å². The SMILES string of the molecule is O=C(CN1CCc2ccccc2C1)N1CCC(c2noc3cc(F)ccc23)CC1.O=C(O)/C=C/C(=O)O. The summed E-state index contributed by atoms with van der Waals surface area (Å²) in [7, 11) is 0. The molecule has 0 saturated carbocycles. The fourth-order valence-corrected chi connectivity index (χ4v) is 4.75. The molecule has 1 amide bonds. The molecule has 1 saturated heterocycles. The van der Waals surface area contributed by atoms with Crippen LogP contribution >= 0.6 is 0 Å². The summed E-state index contributed by atoms with van der Waals surface area (Å²) >= 11 is 0. The van der Waals surface area contributed by atoms with E-state index in [-0.39, 0.29) is 17.6 Å². The van der Waals surface area contributed by atoms with Gasteiger partial charge in [0.2, 0.25) is 5.91 Å². The van der Waals surface area contributed by atoms with Gasteiger partial charge in [0.25, 0.3) is 0 Å². The molecule has 5 rings (SSSR count). The second-order valence-electron chi connectivity index (χ2n) is 9.10. The number of hydrogen-bond donors (Lipinski definition) is 2. The summed E-state index contributed by atoms with van der Waals surface area (Å²) < 4.78 is 18.7. The van der Waals surface area contributed by atoms with Crippen LogP contribution in [0.2, 0.25) is 0 Å². The van der Waals surface area contributed by atoms with Crippen molar-refractivity contribution in [1.82, 2.24) is 15.0 Å². The van der Waals surface area contributed by atoms with Gasteiger partial charge in [-0.2, -0.15) is 0 Å². The smallest absolute Gasteiger partial charge is 0.328 e. The maximum Gasteiger partial charge on any atom is 0.328 e. The molecule has 0 bridgehead atoms. The van der Waals surface area contributed by atoms with E-state index >= 15 is 0 Å². The third-order valence-corrected chi connectivity index (χ3v) is 6.63. The number of carbonyl (C=O) groups is 3. The zero-order valence-corrected chi connectivity index (χ0v) is 20.2. The Hall–Kier alpha value is -4.05. The molecular formula is C27H28FN3O6. The van der Waals surface area contributed by atoms with Crippen LogP contribution < -0.4 is 0 Å². The number of benzene rings is 2. The van der Waals surface area contributed by atoms with Crippen LogP contribution in [-0.4, -0.2) is 69.2 Å². The average molecular weight is 510 g/mol. The topological polar surface area (TPSA) is 124 Å². The van der Waals surface area contributed by atoms with E-state index in [2.05, 4.69) is 34.3 Å². The molecule has 0 unspecified atom stereocenters. The molecule has 37 heavy (non-hydrogen) atoms. The lowest BCUT2D eigenvalue weighted by molar-refractivity contribution is -0.134. The largest absolute Gasteiger partial charge is 0.478 e. The number of halogens is 1. The Bertz CT molecular complexity index is 1300. The zero-order chi connectivity index (χ0) is 26.4. The lowest BCUT2D eigenvalue weighted by Crippen LogP contribution is -2.45. The number of nitrogens with zero attached hydrogens (tertiary/aromatic N) is 3. The summed E-state index contributed by atoms with van der Waals surface area (Å²) in [5.74, 6) is -2.39. The Morgan fingerprint density at radius 3 is 2.35 bits per heavy atom. The molecule has 0 atom stereocenters. The van der Waals surface area contributed by atoms with Gasteiger partial charge in [-0.15, -0.1) is 0 Å². The van der Waals surface area contributed by atoms with Crippen LogP contribution in [0.3, 0.4) is 0 Å². The van der Waals surface area contributed by atoms with Crippen LogP contribution in [0.5, 0.6) is 0 Å². The summed E-state index contributed by atoms with van der Waals surface area (Å²) in [5.41, 5.74) is 4.11. The summed E-state index contributed by atoms with van der Waals surface area (Å²) in [4.78, 5) is 36.2. The Balaban J connectivity index is 0.000000349. The zero-order valence-electron chi connectivity index (χ0n) is 20.2. The van der Waals surface area contributed by atoms with Gasteiger partial charge in [-0.3, -0.25) is 9.69 Å². The van der Waals surface area contributed by atoms with Crippen molar-refractivity contribution in [2.75, 3.05) is 26.2 Å². The highest BCUT2D eigenvalue weighted by atomic mass is 19.1. The number of aromatic nitrogens is 1. The first kappa shape index (κ1) is 26.0. The van der Waals surface area contributed by atoms with Crippen LogP contribution in [0.25, 0.3) is 11.0 Å². The molecule has 2 aliphatic heterocycles. The van der Waals surface area contributed by atoms with Crippen molar-refractivity contribution < 1.29 is 33.5 Å². The van der Waals surface area contributed by atoms with E-state index in [0.717, 1.165) is 56.5 Å². The minimum Gasteiger partial charge on any atom is -0.478 e. The van der Waals surface area contributed by atoms with Crippen molar-refractivity contribution in [2.45, 2.75) is 31.7 Å². The van der Waals surface area contributed by atoms with E-state index in [0.29, 0.717) is 24.3 Å². The van der Waals surface area contributed by atoms with Crippen molar-refractivity contribution in [2.24, 2.45) is 0 Å². The summed E-state index contributed by atoms with van der Waals surface area (Å²) in [6.45, 7) is 3.71. The van der Waals surface area contributed by atoms with Crippen molar-refractivity contribution in [1.29, 1.82) is 0 Å². The Kier molecular flexibility index (Phi) is 8.29. The lowest BCUT2D eigenvalue weighted by atomic mass is 9.91. The van der Waals surface area contributed by atoms with Crippen molar-refractivity contribution in [3.05, 3.63) is 77.3 Å². The fraction of sp³-hybridized carbons (Fsp3) is 0.333. The van der Waals surface area contributed by atoms with Gasteiger partial charge >= 0.3 is 11.9 Å². The Morgan fingerprint density at radius 2 is 1.68 bits per heavy atom. The number of carboxylic acids is 2. The molecule has 0 radical (unpaired) electrons. The maximum absolute atomic E-state index is 13.4. The van der Waals surface area contributed by atoms with E-state index in [1.807, 2.05) is 4.90 Å². The number of amides is 1. The number of hydrogen-bond acceptors (Lipinski definition) is 6. The summed E-state index contributed by atoms with van der Waals surface area (Å²) in [6.07, 6.45) is 3.83. The van der Waals surface area contributed by atoms with Crippen molar-refractivity contribution in [3.63, 3.8) is 0 Å². The number of aliphatic carboxylic acids is 2. The molecule has 10 heteroatoms. The van der Waals surface area contributed by atoms with Crippen LogP contribution in [0, 0.1) is 5.82 Å². The van der Waals surface area contributed by atoms with Crippen LogP contribution in [0.15, 0.2) is 59.1 Å². The third-order valence-electron chi connectivity index (χ3n) is 6.63. The molecule has 9 nitrogen and oxygen atoms in total. The van der Waals surface area contributed by atoms with Crippen molar-refractivity contribution in [3.8, 4) is 0 Å². The molecule has 1 aromatic heterocycles. The normalized spacial score (nSPS) is 16.3. The van der Waals surface area contributed by atoms with Gasteiger partial charge in [0.05, 0.1) is 12.2 Å². The van der Waals surface area contributed by atoms with Gasteiger partial charge in [-0.05, 0) is 42.5 Å². The highest BCUT2D eigenvalue weighted by Crippen LogP contribution is 2.33. The monoisotopic (exact) mass is 509 g/mol. The minimum atomic E-state index is -1.26. The lowest BCUT2D eigenvalue weighted by Gasteiger charge is -2.34. The molecule has 1 fully saturated rings. The number of rotatable bonds is 5. The molecule has 3 aromatic rings. The Morgan fingerprint density at radius 1 is 1.00 bits per heavy atom. The molecule has 2 aliphatic rings. The van der Waals surface area contributed by atoms with Crippen LogP contribution in [-0.2, 0) is 27.3 Å². The molecule has 2 N–H and O–H groups in total. The van der Waals surface area contributed by atoms with E-state index in [4.69, 9.17) is 14.7 Å². The number of carbonyl (C=O) groups excluding carboxylic acids is 1. The first-order chi connectivity index (χ1) is 17.8. The van der Waals surface area contributed by atoms with E-state index < -0.39 is 11.9 Å². The number of piperidine rings is 1. The van der Waals surface area contributed by atoms with Crippen LogP contribution in [0.1, 0.15) is 35.6 Å². The minimum absolute atomic E-state index is 0.204. The quantitative estimate of drug-likeness (QED) is 0.502. The van der Waals surface area contributed by atoms with Gasteiger partial charge < -0.3 is 19.6 Å². The molecule has 0 aliphatic carbocycles. The predicted octanol–water partition coefficient (Wildman–Crippen LogP) is 3.44. The predicted molar refractivity (Wildman–Crippen MR) is 132 cm³/mol. The molecular weight excluding hydrogens is 481 g/mol. The first-order valence-corrected chi connectivity index (χ1v) is 12.1. The van der Waals surface area contributed by atoms with E-state index in [1.54, 1.807) is 6.07 Å². The average Bonchev–Trinajstić information content (AvgIpc) is 3.31. The fourth-order valence-electron chi connectivity index (χ4n) is 4.75. The van der Waals surface area contributed by atoms with Gasteiger partial charge in [0, 0.05) is 55.7 Å². The number of carboxylic acid groups (broad SMARTS) is 2. The second kappa shape index (κ2) is 11.8. The summed E-state index contributed by atoms with van der Waals surface area (Å²) in [5, 5.41) is 20.7. The molecule has 0 spiro atoms. The van der Waals surface area contributed by atoms with Gasteiger partial charge in [-0.25, -0.2) is 14.0 Å². The highest BCUT2D eigenvalue weighted by Gasteiger charge is 2.28. The molecule has 2 aromatic carbocycles. The van der Waals surface area contributed by atoms with E-state index in [9.17, 15) is 18.8 Å². The summed E-state index contributed by atoms with van der Waals surface area (Å²) in [6, 6.07) is 13.0. The van der Waals surface area contributed by atoms with Gasteiger partial charge in [0.15, 0.2) is 5.58 Å². The number of likely N-dealkylation sites (tertiary alicyclic amines) is 1. The second-order valence-corrected chi connectivity index (χ2v) is 9.10. The third kappa shape index (κ3) is 6.79. The van der Waals surface area contributed by atoms with Crippen molar-refractivity contribution >= 4 is 28.8 Å². The van der Waals surface area contributed by atoms with Crippen LogP contribution in [0.4, 0.5) is 4.39 Å². The standard InChI is InChI=1S/C23H24FN3O2.C4H4O4/c24-19-5-6-20-21(13-19)29-25-23(20)17-8-11-27(12-9-17)22(28)15-26-10-7-16-3-1-2-4-18(16)14-26;5-3(6)1-2-4(7)8/h1-6,13,17H,7-12,14-15H2;1-2H,(H,5,6)(H,7,8)/b;2-1+. The highest BCUT2D eigenvalue weighted by molar-refractivity contribution is 5.89. The number of fused-ring (bicyclic) bond motifs is 2.